The Bertz CT molecular complexity index is 22.4. The fourth-order valence-corrected chi connectivity index (χ4v) is 0. The van der Waals surface area contributed by atoms with E-state index < -0.39 is 2.95 Å². The van der Waals surface area contributed by atoms with E-state index >= 15 is 0 Å². The first-order valence-corrected chi connectivity index (χ1v) is 25.1. The van der Waals surface area contributed by atoms with E-state index in [-0.39, 0.29) is 0 Å². The second-order valence-electron chi connectivity index (χ2n) is 2.07. The van der Waals surface area contributed by atoms with Crippen molar-refractivity contribution in [2.75, 3.05) is 0 Å². The summed E-state index contributed by atoms with van der Waals surface area (Å²) in [6, 6.07) is 0. The molecule has 0 aliphatic rings. The van der Waals surface area contributed by atoms with E-state index in [2.05, 4.69) is 0 Å². The molecule has 0 aliphatic carbocycles. The van der Waals surface area contributed by atoms with E-state index in [1.807, 2.05) is 0 Å². The molecule has 0 aliphatic heterocycles. The normalized spacial score (nSPS) is 23.4. The van der Waals surface area contributed by atoms with Crippen molar-refractivity contribution < 1.29 is 0 Å². The molecule has 0 heterocycles. The van der Waals surface area contributed by atoms with Crippen LogP contribution in [0.25, 0.3) is 0 Å². The fraction of sp³-hybridized carbons (Fsp3) is 0. The van der Waals surface area contributed by atoms with Crippen molar-refractivity contribution in [3.63, 3.8) is 0 Å². The van der Waals surface area contributed by atoms with Crippen molar-refractivity contribution in [3.05, 3.63) is 0 Å². The van der Waals surface area contributed by atoms with Gasteiger partial charge in [-0.15, -0.1) is 0 Å². The van der Waals surface area contributed by atoms with Crippen LogP contribution in [0.15, 0.2) is 0 Å². The molecule has 0 aromatic heterocycles. The summed E-state index contributed by atoms with van der Waals surface area (Å²) in [5.41, 5.74) is 0. The molecule has 0 atom stereocenters. The average molecular weight is 290 g/mol. The standard InChI is InChI=1S/ClGe3H9Si/c1-5(2,3)4/h2-4H3. The molecule has 0 rings (SSSR count). The summed E-state index contributed by atoms with van der Waals surface area (Å²) >= 11 is 9.13. The van der Waals surface area contributed by atoms with Crippen LogP contribution in [0.5, 0.6) is 0 Å². The van der Waals surface area contributed by atoms with Gasteiger partial charge in [0.25, 0.3) is 0 Å². The summed E-state index contributed by atoms with van der Waals surface area (Å²) in [6.45, 7) is 0. The zero-order valence-electron chi connectivity index (χ0n) is 3.88. The minimum atomic E-state index is -0.576. The Balaban J connectivity index is 3.02. The van der Waals surface area contributed by atoms with E-state index in [0.717, 1.165) is 47.6 Å². The Labute approximate surface area is 61.0 Å². The summed E-state index contributed by atoms with van der Waals surface area (Å²) in [4.78, 5) is 0. The topological polar surface area (TPSA) is 0 Å². The third kappa shape index (κ3) is 23.0. The molecule has 0 bridgehead atoms. The van der Waals surface area contributed by atoms with Gasteiger partial charge >= 0.3 is 61.6 Å². The Morgan fingerprint density at radius 1 is 1.20 bits per heavy atom. The van der Waals surface area contributed by atoms with Crippen LogP contribution in [-0.2, 0) is 0 Å². The van der Waals surface area contributed by atoms with Crippen molar-refractivity contribution in [1.29, 1.82) is 0 Å². The SMILES string of the molecule is Cl[Si]([GeH3])([GeH3])[GeH3]. The Morgan fingerprint density at radius 2 is 1.20 bits per heavy atom. The van der Waals surface area contributed by atoms with Crippen LogP contribution in [0.3, 0.4) is 0 Å². The molecule has 0 nitrogen and oxygen atoms in total. The predicted molar refractivity (Wildman–Crippen MR) is 41.4 cm³/mol. The summed E-state index contributed by atoms with van der Waals surface area (Å²) in [5, 5.41) is 0. The zero-order chi connectivity index (χ0) is 4.50. The van der Waals surface area contributed by atoms with Crippen LogP contribution in [0, 0.1) is 0 Å². The molecule has 32 valence electrons. The molecule has 0 aromatic rings. The Kier molecular flexibility index (Phi) is 3.49. The molecule has 0 saturated heterocycles. The van der Waals surface area contributed by atoms with Gasteiger partial charge in [-0.25, -0.2) is 0 Å². The van der Waals surface area contributed by atoms with Crippen molar-refractivity contribution in [1.82, 2.24) is 0 Å². The Morgan fingerprint density at radius 3 is 1.20 bits per heavy atom. The predicted octanol–water partition coefficient (Wildman–Crippen LogP) is -3.24. The van der Waals surface area contributed by atoms with E-state index in [1.165, 1.54) is 0 Å². The van der Waals surface area contributed by atoms with Gasteiger partial charge < -0.3 is 0 Å². The van der Waals surface area contributed by atoms with Gasteiger partial charge in [0.15, 0.2) is 0 Å². The zero-order valence-corrected chi connectivity index (χ0v) is 18.2. The first-order chi connectivity index (χ1) is 2.00. The van der Waals surface area contributed by atoms with Gasteiger partial charge in [0, 0.05) is 0 Å². The maximum absolute atomic E-state index is 5.92. The minimum absolute atomic E-state index is 0.576. The van der Waals surface area contributed by atoms with E-state index in [0.29, 0.717) is 0 Å². The molecular weight excluding hydrogens is 281 g/mol. The number of hydrogen-bond acceptors (Lipinski definition) is 0. The molecule has 0 saturated carbocycles. The van der Waals surface area contributed by atoms with Crippen molar-refractivity contribution in [3.8, 4) is 0 Å². The number of halogens is 1. The van der Waals surface area contributed by atoms with Crippen LogP contribution >= 0.6 is 11.1 Å². The summed E-state index contributed by atoms with van der Waals surface area (Å²) in [7, 11) is 0. The van der Waals surface area contributed by atoms with Gasteiger partial charge in [-0.3, -0.25) is 0 Å². The van der Waals surface area contributed by atoms with E-state index in [4.69, 9.17) is 11.1 Å². The van der Waals surface area contributed by atoms with E-state index in [1.54, 1.807) is 0 Å². The molecule has 5 heteroatoms. The van der Waals surface area contributed by atoms with Gasteiger partial charge in [0.05, 0.1) is 0 Å². The second kappa shape index (κ2) is 2.44. The van der Waals surface area contributed by atoms with Crippen LogP contribution in [0.1, 0.15) is 0 Å². The Hall–Kier alpha value is 2.14. The first kappa shape index (κ1) is 7.14. The average Bonchev–Trinajstić information content (AvgIpc) is 0.722. The van der Waals surface area contributed by atoms with Gasteiger partial charge in [-0.2, -0.15) is 0 Å². The van der Waals surface area contributed by atoms with Gasteiger partial charge in [0.2, 0.25) is 0 Å². The summed E-state index contributed by atoms with van der Waals surface area (Å²) < 4.78 is -0.576. The van der Waals surface area contributed by atoms with Crippen molar-refractivity contribution >= 4 is 61.6 Å². The molecule has 5 heavy (non-hydrogen) atoms. The number of rotatable bonds is 0. The molecule has 0 fully saturated rings. The molecule has 0 aromatic carbocycles. The van der Waals surface area contributed by atoms with Crippen molar-refractivity contribution in [2.45, 2.75) is 0 Å². The van der Waals surface area contributed by atoms with Gasteiger partial charge in [-0.05, 0) is 0 Å². The third-order valence-electron chi connectivity index (χ3n) is 0. The van der Waals surface area contributed by atoms with Crippen molar-refractivity contribution in [2.24, 2.45) is 0 Å². The molecule has 0 N–H and O–H groups in total. The molecule has 0 unspecified atom stereocenters. The van der Waals surface area contributed by atoms with Crippen LogP contribution in [0.4, 0.5) is 0 Å². The molecular formula is H9ClGe3Si. The van der Waals surface area contributed by atoms with Crippen LogP contribution in [-0.4, -0.2) is 50.5 Å². The van der Waals surface area contributed by atoms with Crippen LogP contribution in [0.2, 0.25) is 0 Å². The quantitative estimate of drug-likeness (QED) is 0.325. The number of hydrogen-bond donors (Lipinski definition) is 0. The third-order valence-corrected chi connectivity index (χ3v) is 0. The second-order valence-corrected chi connectivity index (χ2v) is 148. The fourth-order valence-electron chi connectivity index (χ4n) is 0. The van der Waals surface area contributed by atoms with E-state index in [9.17, 15) is 0 Å². The van der Waals surface area contributed by atoms with Crippen LogP contribution < -0.4 is 0 Å². The monoisotopic (exact) mass is 294 g/mol. The van der Waals surface area contributed by atoms with Gasteiger partial charge in [-0.1, -0.05) is 0 Å². The van der Waals surface area contributed by atoms with Gasteiger partial charge in [0.1, 0.15) is 0 Å². The maximum atomic E-state index is 5.92. The summed E-state index contributed by atoms with van der Waals surface area (Å²) in [5.74, 6) is 0. The molecule has 0 amide bonds. The summed E-state index contributed by atoms with van der Waals surface area (Å²) in [6.07, 6.45) is 0. The molecule has 0 spiro atoms. The molecule has 0 radical (unpaired) electrons. The first-order valence-electron chi connectivity index (χ1n) is 1.69.